The molecule has 1 atom stereocenters. The van der Waals surface area contributed by atoms with Gasteiger partial charge < -0.3 is 21.7 Å². The number of aryl methyl sites for hydroxylation is 1. The predicted octanol–water partition coefficient (Wildman–Crippen LogP) is 2.60. The highest BCUT2D eigenvalue weighted by Gasteiger charge is 2.26. The Morgan fingerprint density at radius 3 is 2.33 bits per heavy atom. The molecule has 0 aromatic heterocycles. The van der Waals surface area contributed by atoms with Crippen molar-refractivity contribution >= 4 is 11.9 Å². The molecule has 1 aliphatic carbocycles. The first-order valence-electron chi connectivity index (χ1n) is 9.99. The summed E-state index contributed by atoms with van der Waals surface area (Å²) in [6.45, 7) is 6.55. The molecule has 0 spiro atoms. The van der Waals surface area contributed by atoms with Crippen molar-refractivity contribution in [1.29, 1.82) is 0 Å². The lowest BCUT2D eigenvalue weighted by Gasteiger charge is -2.29. The van der Waals surface area contributed by atoms with Gasteiger partial charge in [-0.1, -0.05) is 43.7 Å². The van der Waals surface area contributed by atoms with Crippen LogP contribution in [0.15, 0.2) is 24.3 Å². The van der Waals surface area contributed by atoms with Gasteiger partial charge in [0.25, 0.3) is 0 Å². The molecule has 0 bridgehead atoms. The van der Waals surface area contributed by atoms with E-state index >= 15 is 0 Å². The molecule has 6 heteroatoms. The molecule has 0 aliphatic heterocycles. The van der Waals surface area contributed by atoms with Crippen LogP contribution in [0.3, 0.4) is 0 Å². The van der Waals surface area contributed by atoms with Crippen LogP contribution >= 0.6 is 0 Å². The Morgan fingerprint density at radius 2 is 1.74 bits per heavy atom. The normalized spacial score (nSPS) is 20.8. The highest BCUT2D eigenvalue weighted by molar-refractivity contribution is 5.87. The largest absolute Gasteiger partial charge is 0.352 e. The van der Waals surface area contributed by atoms with Crippen LogP contribution in [0.1, 0.15) is 57.1 Å². The summed E-state index contributed by atoms with van der Waals surface area (Å²) < 4.78 is 0. The van der Waals surface area contributed by atoms with Crippen LogP contribution in [0, 0.1) is 12.8 Å². The summed E-state index contributed by atoms with van der Waals surface area (Å²) in [6.07, 6.45) is 4.28. The Balaban J connectivity index is 1.85. The van der Waals surface area contributed by atoms with E-state index in [4.69, 9.17) is 5.73 Å². The fourth-order valence-electron chi connectivity index (χ4n) is 3.37. The minimum absolute atomic E-state index is 0.102. The number of nitrogens with one attached hydrogen (secondary N) is 3. The predicted molar refractivity (Wildman–Crippen MR) is 108 cm³/mol. The Bertz CT molecular complexity index is 607. The van der Waals surface area contributed by atoms with Gasteiger partial charge >= 0.3 is 6.03 Å². The third kappa shape index (κ3) is 7.59. The minimum Gasteiger partial charge on any atom is -0.352 e. The summed E-state index contributed by atoms with van der Waals surface area (Å²) in [4.78, 5) is 25.0. The van der Waals surface area contributed by atoms with E-state index in [0.717, 1.165) is 31.2 Å². The van der Waals surface area contributed by atoms with Gasteiger partial charge in [-0.3, -0.25) is 4.79 Å². The Labute approximate surface area is 162 Å². The zero-order valence-electron chi connectivity index (χ0n) is 16.8. The van der Waals surface area contributed by atoms with Gasteiger partial charge in [-0.25, -0.2) is 4.79 Å². The van der Waals surface area contributed by atoms with Crippen molar-refractivity contribution < 1.29 is 9.59 Å². The highest BCUT2D eigenvalue weighted by atomic mass is 16.2. The van der Waals surface area contributed by atoms with Gasteiger partial charge in [-0.15, -0.1) is 0 Å². The van der Waals surface area contributed by atoms with Crippen LogP contribution in [-0.2, 0) is 11.3 Å². The second-order valence-electron chi connectivity index (χ2n) is 8.12. The molecule has 150 valence electrons. The van der Waals surface area contributed by atoms with Crippen molar-refractivity contribution in [2.45, 2.75) is 77.5 Å². The number of benzene rings is 1. The van der Waals surface area contributed by atoms with Crippen molar-refractivity contribution in [3.05, 3.63) is 35.4 Å². The number of rotatable bonds is 7. The maximum absolute atomic E-state index is 12.7. The van der Waals surface area contributed by atoms with Crippen LogP contribution in [0.25, 0.3) is 0 Å². The monoisotopic (exact) mass is 374 g/mol. The first kappa shape index (κ1) is 21.2. The molecule has 27 heavy (non-hydrogen) atoms. The molecule has 5 N–H and O–H groups in total. The SMILES string of the molecule is Cc1ccc(CNC(=O)NC(CC(C)C)C(=O)NC2CCC(N)CC2)cc1. The molecular formula is C21H34N4O2. The first-order chi connectivity index (χ1) is 12.8. The number of carbonyl (C=O) groups excluding carboxylic acids is 2. The summed E-state index contributed by atoms with van der Waals surface area (Å²) in [5, 5.41) is 8.77. The number of hydrogen-bond donors (Lipinski definition) is 4. The molecule has 0 heterocycles. The Hall–Kier alpha value is -2.08. The summed E-state index contributed by atoms with van der Waals surface area (Å²) in [5.74, 6) is 0.201. The van der Waals surface area contributed by atoms with Crippen molar-refractivity contribution in [3.63, 3.8) is 0 Å². The number of urea groups is 1. The Kier molecular flexibility index (Phi) is 8.10. The van der Waals surface area contributed by atoms with Crippen LogP contribution < -0.4 is 21.7 Å². The maximum Gasteiger partial charge on any atom is 0.315 e. The van der Waals surface area contributed by atoms with E-state index in [0.29, 0.717) is 18.9 Å². The van der Waals surface area contributed by atoms with Gasteiger partial charge in [0, 0.05) is 18.6 Å². The highest BCUT2D eigenvalue weighted by Crippen LogP contribution is 2.17. The van der Waals surface area contributed by atoms with E-state index < -0.39 is 6.04 Å². The van der Waals surface area contributed by atoms with Crippen LogP contribution in [0.4, 0.5) is 4.79 Å². The molecule has 3 amide bonds. The molecule has 1 aromatic rings. The van der Waals surface area contributed by atoms with Gasteiger partial charge in [0.15, 0.2) is 0 Å². The van der Waals surface area contributed by atoms with E-state index in [2.05, 4.69) is 16.0 Å². The lowest BCUT2D eigenvalue weighted by Crippen LogP contribution is -2.53. The first-order valence-corrected chi connectivity index (χ1v) is 9.99. The molecule has 0 radical (unpaired) electrons. The average Bonchev–Trinajstić information content (AvgIpc) is 2.62. The van der Waals surface area contributed by atoms with E-state index in [1.54, 1.807) is 0 Å². The minimum atomic E-state index is -0.529. The lowest BCUT2D eigenvalue weighted by molar-refractivity contribution is -0.124. The summed E-state index contributed by atoms with van der Waals surface area (Å²) in [7, 11) is 0. The van der Waals surface area contributed by atoms with Gasteiger partial charge in [-0.05, 0) is 50.5 Å². The van der Waals surface area contributed by atoms with Crippen molar-refractivity contribution in [1.82, 2.24) is 16.0 Å². The standard InChI is InChI=1S/C21H34N4O2/c1-14(2)12-19(20(26)24-18-10-8-17(22)9-11-18)25-21(27)23-13-16-6-4-15(3)5-7-16/h4-7,14,17-19H,8-13,22H2,1-3H3,(H,24,26)(H2,23,25,27). The van der Waals surface area contributed by atoms with Crippen molar-refractivity contribution in [2.24, 2.45) is 11.7 Å². The summed E-state index contributed by atoms with van der Waals surface area (Å²) in [5.41, 5.74) is 8.14. The van der Waals surface area contributed by atoms with Crippen molar-refractivity contribution in [2.75, 3.05) is 0 Å². The number of hydrogen-bond acceptors (Lipinski definition) is 3. The average molecular weight is 375 g/mol. The molecule has 1 fully saturated rings. The van der Waals surface area contributed by atoms with Gasteiger partial charge in [0.1, 0.15) is 6.04 Å². The third-order valence-corrected chi connectivity index (χ3v) is 5.02. The number of carbonyl (C=O) groups is 2. The van der Waals surface area contributed by atoms with Crippen LogP contribution in [0.5, 0.6) is 0 Å². The topological polar surface area (TPSA) is 96.2 Å². The van der Waals surface area contributed by atoms with E-state index in [1.165, 1.54) is 5.56 Å². The van der Waals surface area contributed by atoms with E-state index in [1.807, 2.05) is 45.0 Å². The molecule has 1 saturated carbocycles. The van der Waals surface area contributed by atoms with Crippen LogP contribution in [-0.4, -0.2) is 30.1 Å². The van der Waals surface area contributed by atoms with Gasteiger partial charge in [0.05, 0.1) is 0 Å². The second kappa shape index (κ2) is 10.3. The third-order valence-electron chi connectivity index (χ3n) is 5.02. The van der Waals surface area contributed by atoms with Crippen molar-refractivity contribution in [3.8, 4) is 0 Å². The zero-order valence-corrected chi connectivity index (χ0v) is 16.8. The lowest BCUT2D eigenvalue weighted by atomic mass is 9.91. The number of amides is 3. The molecular weight excluding hydrogens is 340 g/mol. The second-order valence-corrected chi connectivity index (χ2v) is 8.12. The van der Waals surface area contributed by atoms with Gasteiger partial charge in [-0.2, -0.15) is 0 Å². The van der Waals surface area contributed by atoms with Crippen LogP contribution in [0.2, 0.25) is 0 Å². The molecule has 1 aromatic carbocycles. The molecule has 6 nitrogen and oxygen atoms in total. The maximum atomic E-state index is 12.7. The molecule has 0 saturated heterocycles. The van der Waals surface area contributed by atoms with E-state index in [9.17, 15) is 9.59 Å². The molecule has 1 aliphatic rings. The summed E-state index contributed by atoms with van der Waals surface area (Å²) in [6, 6.07) is 7.56. The summed E-state index contributed by atoms with van der Waals surface area (Å²) >= 11 is 0. The molecule has 2 rings (SSSR count). The fraction of sp³-hybridized carbons (Fsp3) is 0.619. The zero-order chi connectivity index (χ0) is 19.8. The number of nitrogens with two attached hydrogens (primary N) is 1. The Morgan fingerprint density at radius 1 is 1.11 bits per heavy atom. The molecule has 1 unspecified atom stereocenters. The quantitative estimate of drug-likeness (QED) is 0.591. The van der Waals surface area contributed by atoms with Gasteiger partial charge in [0.2, 0.25) is 5.91 Å². The fourth-order valence-corrected chi connectivity index (χ4v) is 3.37. The smallest absolute Gasteiger partial charge is 0.315 e. The van der Waals surface area contributed by atoms with E-state index in [-0.39, 0.29) is 24.0 Å².